The van der Waals surface area contributed by atoms with E-state index < -0.39 is 15.9 Å². The fraction of sp³-hybridized carbons (Fsp3) is 0.195. The number of benzene rings is 5. The van der Waals surface area contributed by atoms with Crippen molar-refractivity contribution < 1.29 is 17.9 Å². The standard InChI is InChI=1S/C41H40ClN7O4S/c1-30-27-36(16-18-39(30)43-19-21-49-22-20-44-46-49)54(51,52)45-41(50)38-17-15-34(28-40(38)53-35-8-3-2-4-9-35)48-25-23-47(24-26-48)29-32-7-5-6-10-37(32)31-11-13-33(42)14-12-31/h2-18,20,22,27-28,43H,19,21,23-26,29H2,1H3,(H,45,50). The molecule has 0 spiro atoms. The first-order valence-electron chi connectivity index (χ1n) is 17.7. The van der Waals surface area contributed by atoms with E-state index in [-0.39, 0.29) is 16.2 Å². The van der Waals surface area contributed by atoms with Crippen molar-refractivity contribution in [2.24, 2.45) is 0 Å². The van der Waals surface area contributed by atoms with Gasteiger partial charge in [-0.1, -0.05) is 71.4 Å². The van der Waals surface area contributed by atoms with Crippen LogP contribution in [-0.2, 0) is 23.1 Å². The fourth-order valence-electron chi connectivity index (χ4n) is 6.46. The summed E-state index contributed by atoms with van der Waals surface area (Å²) in [6.07, 6.45) is 3.38. The summed E-state index contributed by atoms with van der Waals surface area (Å²) in [4.78, 5) is 18.3. The van der Waals surface area contributed by atoms with Gasteiger partial charge < -0.3 is 15.0 Å². The van der Waals surface area contributed by atoms with Gasteiger partial charge in [0.05, 0.1) is 23.2 Å². The molecule has 276 valence electrons. The largest absolute Gasteiger partial charge is 0.456 e. The van der Waals surface area contributed by atoms with Gasteiger partial charge in [0.1, 0.15) is 11.5 Å². The van der Waals surface area contributed by atoms with Gasteiger partial charge in [0.25, 0.3) is 15.9 Å². The predicted octanol–water partition coefficient (Wildman–Crippen LogP) is 7.25. The van der Waals surface area contributed by atoms with Crippen LogP contribution in [0.1, 0.15) is 21.5 Å². The lowest BCUT2D eigenvalue weighted by molar-refractivity contribution is 0.0979. The maximum absolute atomic E-state index is 13.7. The summed E-state index contributed by atoms with van der Waals surface area (Å²) in [6, 6.07) is 35.5. The van der Waals surface area contributed by atoms with Crippen molar-refractivity contribution in [1.82, 2.24) is 24.6 Å². The molecule has 0 radical (unpaired) electrons. The predicted molar refractivity (Wildman–Crippen MR) is 212 cm³/mol. The van der Waals surface area contributed by atoms with Crippen LogP contribution in [0.25, 0.3) is 11.1 Å². The van der Waals surface area contributed by atoms with Gasteiger partial charge in [-0.3, -0.25) is 14.4 Å². The molecule has 54 heavy (non-hydrogen) atoms. The highest BCUT2D eigenvalue weighted by molar-refractivity contribution is 7.90. The van der Waals surface area contributed by atoms with Crippen LogP contribution in [0.4, 0.5) is 11.4 Å². The molecule has 1 fully saturated rings. The number of hydrogen-bond donors (Lipinski definition) is 2. The van der Waals surface area contributed by atoms with Crippen molar-refractivity contribution in [2.75, 3.05) is 42.9 Å². The van der Waals surface area contributed by atoms with Gasteiger partial charge in [0.15, 0.2) is 0 Å². The monoisotopic (exact) mass is 761 g/mol. The zero-order chi connectivity index (χ0) is 37.5. The molecule has 2 heterocycles. The Morgan fingerprint density at radius 2 is 1.63 bits per heavy atom. The van der Waals surface area contributed by atoms with E-state index in [9.17, 15) is 13.2 Å². The number of carbonyl (C=O) groups excluding carboxylic acids is 1. The van der Waals surface area contributed by atoms with Crippen molar-refractivity contribution in [1.29, 1.82) is 0 Å². The molecule has 0 unspecified atom stereocenters. The van der Waals surface area contributed by atoms with Gasteiger partial charge in [0.2, 0.25) is 0 Å². The van der Waals surface area contributed by atoms with Crippen LogP contribution in [0.2, 0.25) is 5.02 Å². The van der Waals surface area contributed by atoms with Crippen molar-refractivity contribution in [3.63, 3.8) is 0 Å². The van der Waals surface area contributed by atoms with Crippen molar-refractivity contribution in [3.8, 4) is 22.6 Å². The minimum atomic E-state index is -4.21. The molecule has 2 N–H and O–H groups in total. The maximum Gasteiger partial charge on any atom is 0.268 e. The fourth-order valence-corrected chi connectivity index (χ4v) is 7.64. The van der Waals surface area contributed by atoms with Crippen LogP contribution in [0, 0.1) is 6.92 Å². The molecule has 1 amide bonds. The average Bonchev–Trinajstić information content (AvgIpc) is 3.70. The number of amides is 1. The number of anilines is 2. The molecule has 1 saturated heterocycles. The normalized spacial score (nSPS) is 13.4. The first-order valence-corrected chi connectivity index (χ1v) is 19.5. The second-order valence-electron chi connectivity index (χ2n) is 13.0. The van der Waals surface area contributed by atoms with Crippen LogP contribution in [-0.4, -0.2) is 66.9 Å². The van der Waals surface area contributed by atoms with Gasteiger partial charge >= 0.3 is 0 Å². The molecule has 11 nitrogen and oxygen atoms in total. The lowest BCUT2D eigenvalue weighted by Crippen LogP contribution is -2.46. The van der Waals surface area contributed by atoms with Gasteiger partial charge in [0, 0.05) is 67.9 Å². The van der Waals surface area contributed by atoms with E-state index in [1.54, 1.807) is 41.3 Å². The lowest BCUT2D eigenvalue weighted by atomic mass is 9.99. The summed E-state index contributed by atoms with van der Waals surface area (Å²) in [5.74, 6) is -0.00330. The number of para-hydroxylation sites is 1. The summed E-state index contributed by atoms with van der Waals surface area (Å²) in [7, 11) is -4.21. The number of hydrogen-bond acceptors (Lipinski definition) is 9. The van der Waals surface area contributed by atoms with Crippen LogP contribution >= 0.6 is 11.6 Å². The van der Waals surface area contributed by atoms with Gasteiger partial charge in [-0.25, -0.2) is 13.1 Å². The van der Waals surface area contributed by atoms with Crippen LogP contribution in [0.15, 0.2) is 133 Å². The van der Waals surface area contributed by atoms with Crippen LogP contribution in [0.3, 0.4) is 0 Å². The van der Waals surface area contributed by atoms with E-state index in [0.717, 1.165) is 49.7 Å². The second-order valence-corrected chi connectivity index (χ2v) is 15.1. The quantitative estimate of drug-likeness (QED) is 0.125. The van der Waals surface area contributed by atoms with E-state index in [4.69, 9.17) is 16.3 Å². The Balaban J connectivity index is 1.04. The topological polar surface area (TPSA) is 122 Å². The number of aromatic nitrogens is 3. The summed E-state index contributed by atoms with van der Waals surface area (Å²) in [5, 5.41) is 11.7. The Bertz CT molecular complexity index is 2310. The average molecular weight is 762 g/mol. The highest BCUT2D eigenvalue weighted by Gasteiger charge is 2.25. The number of carbonyl (C=O) groups is 1. The third-order valence-corrected chi connectivity index (χ3v) is 10.9. The molecular weight excluding hydrogens is 722 g/mol. The molecule has 5 aromatic carbocycles. The van der Waals surface area contributed by atoms with E-state index in [2.05, 4.69) is 66.5 Å². The Morgan fingerprint density at radius 1 is 0.870 bits per heavy atom. The molecule has 0 bridgehead atoms. The molecule has 1 aliphatic rings. The Morgan fingerprint density at radius 3 is 2.37 bits per heavy atom. The highest BCUT2D eigenvalue weighted by atomic mass is 35.5. The molecular formula is C41H40ClN7O4S. The zero-order valence-corrected chi connectivity index (χ0v) is 31.3. The van der Waals surface area contributed by atoms with Gasteiger partial charge in [-0.05, 0) is 83.8 Å². The van der Waals surface area contributed by atoms with E-state index >= 15 is 0 Å². The molecule has 0 saturated carbocycles. The maximum atomic E-state index is 13.7. The summed E-state index contributed by atoms with van der Waals surface area (Å²) < 4.78 is 37.1. The van der Waals surface area contributed by atoms with Crippen LogP contribution in [0.5, 0.6) is 11.5 Å². The molecule has 13 heteroatoms. The summed E-state index contributed by atoms with van der Waals surface area (Å²) >= 11 is 6.14. The van der Waals surface area contributed by atoms with Crippen LogP contribution < -0.4 is 19.7 Å². The van der Waals surface area contributed by atoms with Crippen molar-refractivity contribution in [2.45, 2.75) is 24.9 Å². The number of piperazine rings is 1. The third kappa shape index (κ3) is 8.91. The molecule has 0 atom stereocenters. The van der Waals surface area contributed by atoms with Crippen molar-refractivity contribution in [3.05, 3.63) is 149 Å². The van der Waals surface area contributed by atoms with E-state index in [1.807, 2.05) is 49.4 Å². The Hall–Kier alpha value is -5.69. The minimum Gasteiger partial charge on any atom is -0.456 e. The number of halogens is 1. The van der Waals surface area contributed by atoms with E-state index in [0.29, 0.717) is 29.4 Å². The van der Waals surface area contributed by atoms with E-state index in [1.165, 1.54) is 23.3 Å². The number of aryl methyl sites for hydroxylation is 1. The molecule has 6 aromatic rings. The number of ether oxygens (including phenoxy) is 1. The second kappa shape index (κ2) is 16.5. The highest BCUT2D eigenvalue weighted by Crippen LogP contribution is 2.32. The number of nitrogens with zero attached hydrogens (tertiary/aromatic N) is 5. The smallest absolute Gasteiger partial charge is 0.268 e. The third-order valence-electron chi connectivity index (χ3n) is 9.35. The molecule has 1 aromatic heterocycles. The first kappa shape index (κ1) is 36.7. The summed E-state index contributed by atoms with van der Waals surface area (Å²) in [5.41, 5.74) is 6.04. The van der Waals surface area contributed by atoms with Crippen molar-refractivity contribution >= 4 is 38.9 Å². The van der Waals surface area contributed by atoms with Gasteiger partial charge in [-0.2, -0.15) is 0 Å². The first-order chi connectivity index (χ1) is 26.2. The molecule has 1 aliphatic heterocycles. The SMILES string of the molecule is Cc1cc(S(=O)(=O)NC(=O)c2ccc(N3CCN(Cc4ccccc4-c4ccc(Cl)cc4)CC3)cc2Oc2ccccc2)ccc1NCCn1ccnn1. The molecule has 7 rings (SSSR count). The summed E-state index contributed by atoms with van der Waals surface area (Å²) in [6.45, 7) is 6.98. The Kier molecular flexibility index (Phi) is 11.2. The lowest BCUT2D eigenvalue weighted by Gasteiger charge is -2.36. The number of sulfonamides is 1. The molecule has 0 aliphatic carbocycles. The number of nitrogens with one attached hydrogen (secondary N) is 2. The van der Waals surface area contributed by atoms with Gasteiger partial charge in [-0.15, -0.1) is 5.10 Å². The zero-order valence-electron chi connectivity index (χ0n) is 29.7. The number of rotatable bonds is 13. The minimum absolute atomic E-state index is 0.0222. The Labute approximate surface area is 320 Å².